The summed E-state index contributed by atoms with van der Waals surface area (Å²) in [4.78, 5) is 23.4. The van der Waals surface area contributed by atoms with Crippen LogP contribution in [0.25, 0.3) is 0 Å². The molecular formula is C11H20N2O3. The van der Waals surface area contributed by atoms with E-state index in [0.29, 0.717) is 0 Å². The molecule has 0 aromatic rings. The summed E-state index contributed by atoms with van der Waals surface area (Å²) >= 11 is 0. The van der Waals surface area contributed by atoms with Gasteiger partial charge in [0, 0.05) is 32.5 Å². The standard InChI is InChI=1S/C11H20N2O3/c1-9(14)12-10-5-7-13(8-10)6-3-2-4-11(15)16/h10H,2-8H2,1H3,(H,12,14)(H,15,16). The van der Waals surface area contributed by atoms with Crippen LogP contribution in [0.4, 0.5) is 0 Å². The fourth-order valence-corrected chi connectivity index (χ4v) is 2.05. The van der Waals surface area contributed by atoms with Crippen LogP contribution in [0, 0.1) is 0 Å². The molecule has 5 nitrogen and oxygen atoms in total. The van der Waals surface area contributed by atoms with Crippen molar-refractivity contribution in [3.05, 3.63) is 0 Å². The second kappa shape index (κ2) is 6.48. The number of nitrogens with zero attached hydrogens (tertiary/aromatic N) is 1. The molecule has 16 heavy (non-hydrogen) atoms. The number of hydrogen-bond acceptors (Lipinski definition) is 3. The number of nitrogens with one attached hydrogen (secondary N) is 1. The van der Waals surface area contributed by atoms with E-state index in [2.05, 4.69) is 10.2 Å². The van der Waals surface area contributed by atoms with E-state index in [1.165, 1.54) is 6.92 Å². The summed E-state index contributed by atoms with van der Waals surface area (Å²) in [6.07, 6.45) is 2.90. The lowest BCUT2D eigenvalue weighted by molar-refractivity contribution is -0.137. The lowest BCUT2D eigenvalue weighted by Crippen LogP contribution is -2.35. The molecule has 1 heterocycles. The number of hydrogen-bond donors (Lipinski definition) is 2. The van der Waals surface area contributed by atoms with Crippen LogP contribution in [0.3, 0.4) is 0 Å². The van der Waals surface area contributed by atoms with Crippen molar-refractivity contribution in [2.45, 2.75) is 38.6 Å². The van der Waals surface area contributed by atoms with Gasteiger partial charge in [-0.1, -0.05) is 0 Å². The molecule has 0 bridgehead atoms. The largest absolute Gasteiger partial charge is 0.481 e. The van der Waals surface area contributed by atoms with Crippen molar-refractivity contribution < 1.29 is 14.7 Å². The Bertz CT molecular complexity index is 256. The summed E-state index contributed by atoms with van der Waals surface area (Å²) in [6, 6.07) is 0.275. The van der Waals surface area contributed by atoms with Gasteiger partial charge in [-0.25, -0.2) is 0 Å². The monoisotopic (exact) mass is 228 g/mol. The maximum Gasteiger partial charge on any atom is 0.303 e. The third-order valence-electron chi connectivity index (χ3n) is 2.79. The van der Waals surface area contributed by atoms with E-state index < -0.39 is 5.97 Å². The maximum absolute atomic E-state index is 10.8. The molecule has 0 spiro atoms. The summed E-state index contributed by atoms with van der Waals surface area (Å²) in [7, 11) is 0. The Balaban J connectivity index is 2.07. The average Bonchev–Trinajstić information content (AvgIpc) is 2.59. The quantitative estimate of drug-likeness (QED) is 0.648. The van der Waals surface area contributed by atoms with Crippen molar-refractivity contribution in [2.75, 3.05) is 19.6 Å². The van der Waals surface area contributed by atoms with Gasteiger partial charge in [-0.05, 0) is 25.8 Å². The minimum atomic E-state index is -0.724. The number of amides is 1. The molecule has 5 heteroatoms. The van der Waals surface area contributed by atoms with Gasteiger partial charge in [0.15, 0.2) is 0 Å². The van der Waals surface area contributed by atoms with Crippen molar-refractivity contribution in [3.8, 4) is 0 Å². The van der Waals surface area contributed by atoms with Gasteiger partial charge < -0.3 is 15.3 Å². The van der Waals surface area contributed by atoms with Crippen molar-refractivity contribution >= 4 is 11.9 Å². The Morgan fingerprint density at radius 3 is 2.81 bits per heavy atom. The van der Waals surface area contributed by atoms with Crippen LogP contribution in [0.5, 0.6) is 0 Å². The highest BCUT2D eigenvalue weighted by Gasteiger charge is 2.22. The maximum atomic E-state index is 10.8. The lowest BCUT2D eigenvalue weighted by Gasteiger charge is -2.15. The highest BCUT2D eigenvalue weighted by Crippen LogP contribution is 2.10. The predicted octanol–water partition coefficient (Wildman–Crippen LogP) is 0.452. The number of rotatable bonds is 6. The van der Waals surface area contributed by atoms with E-state index in [4.69, 9.17) is 5.11 Å². The number of carbonyl (C=O) groups excluding carboxylic acids is 1. The molecule has 1 unspecified atom stereocenters. The highest BCUT2D eigenvalue weighted by molar-refractivity contribution is 5.73. The Morgan fingerprint density at radius 1 is 1.44 bits per heavy atom. The number of unbranched alkanes of at least 4 members (excludes halogenated alkanes) is 1. The smallest absolute Gasteiger partial charge is 0.303 e. The van der Waals surface area contributed by atoms with Gasteiger partial charge in [-0.3, -0.25) is 9.59 Å². The fourth-order valence-electron chi connectivity index (χ4n) is 2.05. The first-order valence-electron chi connectivity index (χ1n) is 5.79. The molecule has 1 fully saturated rings. The first-order chi connectivity index (χ1) is 7.58. The van der Waals surface area contributed by atoms with Crippen molar-refractivity contribution in [1.29, 1.82) is 0 Å². The van der Waals surface area contributed by atoms with E-state index >= 15 is 0 Å². The zero-order chi connectivity index (χ0) is 12.0. The fraction of sp³-hybridized carbons (Fsp3) is 0.818. The van der Waals surface area contributed by atoms with E-state index in [0.717, 1.165) is 38.9 Å². The van der Waals surface area contributed by atoms with Gasteiger partial charge >= 0.3 is 5.97 Å². The first kappa shape index (κ1) is 13.0. The van der Waals surface area contributed by atoms with Gasteiger partial charge in [-0.2, -0.15) is 0 Å². The molecular weight excluding hydrogens is 208 g/mol. The second-order valence-electron chi connectivity index (χ2n) is 4.34. The van der Waals surface area contributed by atoms with E-state index in [9.17, 15) is 9.59 Å². The molecule has 1 amide bonds. The summed E-state index contributed by atoms with van der Waals surface area (Å²) < 4.78 is 0. The molecule has 0 aromatic heterocycles. The molecule has 1 aliphatic rings. The van der Waals surface area contributed by atoms with Crippen LogP contribution in [0.15, 0.2) is 0 Å². The normalized spacial score (nSPS) is 20.9. The Kier molecular flexibility index (Phi) is 5.25. The highest BCUT2D eigenvalue weighted by atomic mass is 16.4. The second-order valence-corrected chi connectivity index (χ2v) is 4.34. The van der Waals surface area contributed by atoms with E-state index in [1.807, 2.05) is 0 Å². The molecule has 1 atom stereocenters. The SMILES string of the molecule is CC(=O)NC1CCN(CCCCC(=O)O)C1. The minimum absolute atomic E-state index is 0.0257. The van der Waals surface area contributed by atoms with Crippen molar-refractivity contribution in [3.63, 3.8) is 0 Å². The molecule has 0 radical (unpaired) electrons. The van der Waals surface area contributed by atoms with Crippen molar-refractivity contribution in [2.24, 2.45) is 0 Å². The summed E-state index contributed by atoms with van der Waals surface area (Å²) in [5.74, 6) is -0.699. The average molecular weight is 228 g/mol. The van der Waals surface area contributed by atoms with Gasteiger partial charge in [0.25, 0.3) is 0 Å². The zero-order valence-corrected chi connectivity index (χ0v) is 9.74. The molecule has 1 saturated heterocycles. The van der Waals surface area contributed by atoms with Crippen LogP contribution in [0.1, 0.15) is 32.6 Å². The number of carbonyl (C=O) groups is 2. The molecule has 0 saturated carbocycles. The topological polar surface area (TPSA) is 69.6 Å². The van der Waals surface area contributed by atoms with Crippen LogP contribution in [-0.2, 0) is 9.59 Å². The third kappa shape index (κ3) is 5.11. The van der Waals surface area contributed by atoms with E-state index in [-0.39, 0.29) is 18.4 Å². The van der Waals surface area contributed by atoms with Crippen LogP contribution < -0.4 is 5.32 Å². The predicted molar refractivity (Wildman–Crippen MR) is 60.1 cm³/mol. The molecule has 0 aliphatic carbocycles. The first-order valence-corrected chi connectivity index (χ1v) is 5.79. The van der Waals surface area contributed by atoms with E-state index in [1.54, 1.807) is 0 Å². The Morgan fingerprint density at radius 2 is 2.19 bits per heavy atom. The van der Waals surface area contributed by atoms with Crippen molar-refractivity contribution in [1.82, 2.24) is 10.2 Å². The molecule has 0 aromatic carbocycles. The van der Waals surface area contributed by atoms with Gasteiger partial charge in [0.05, 0.1) is 0 Å². The molecule has 2 N–H and O–H groups in total. The summed E-state index contributed by atoms with van der Waals surface area (Å²) in [5, 5.41) is 11.4. The zero-order valence-electron chi connectivity index (χ0n) is 9.74. The number of carboxylic acid groups (broad SMARTS) is 1. The van der Waals surface area contributed by atoms with Gasteiger partial charge in [-0.15, -0.1) is 0 Å². The van der Waals surface area contributed by atoms with Crippen LogP contribution >= 0.6 is 0 Å². The van der Waals surface area contributed by atoms with Gasteiger partial charge in [0.2, 0.25) is 5.91 Å². The number of carboxylic acids is 1. The third-order valence-corrected chi connectivity index (χ3v) is 2.79. The molecule has 1 aliphatic heterocycles. The Labute approximate surface area is 95.8 Å². The molecule has 1 rings (SSSR count). The lowest BCUT2D eigenvalue weighted by atomic mass is 10.2. The Hall–Kier alpha value is -1.10. The number of likely N-dealkylation sites (tertiary alicyclic amines) is 1. The molecule has 92 valence electrons. The minimum Gasteiger partial charge on any atom is -0.481 e. The van der Waals surface area contributed by atoms with Crippen LogP contribution in [-0.4, -0.2) is 47.6 Å². The van der Waals surface area contributed by atoms with Gasteiger partial charge in [0.1, 0.15) is 0 Å². The summed E-state index contributed by atoms with van der Waals surface area (Å²) in [5.41, 5.74) is 0. The number of aliphatic carboxylic acids is 1. The van der Waals surface area contributed by atoms with Crippen LogP contribution in [0.2, 0.25) is 0 Å². The summed E-state index contributed by atoms with van der Waals surface area (Å²) in [6.45, 7) is 4.36.